The number of aliphatic hydroxyl groups is 4. The maximum atomic E-state index is 14.8. The molecule has 0 aliphatic rings. The molecular weight excluding hydrogens is 1180 g/mol. The molecule has 2 rings (SSSR count). The van der Waals surface area contributed by atoms with Gasteiger partial charge in [-0.1, -0.05) is 116 Å². The Morgan fingerprint density at radius 3 is 1.62 bits per heavy atom. The predicted octanol–water partition coefficient (Wildman–Crippen LogP) is -1.69. The highest BCUT2D eigenvalue weighted by atomic mass is 16.6. The first-order chi connectivity index (χ1) is 41.7. The lowest BCUT2D eigenvalue weighted by Crippen LogP contribution is -2.63. The SMILES string of the molecule is C.CC[C@H](C)[C@H](NC(=O)[C@@H](CCCN=C(N)N)NC(=O)[C@H](CC(C)C)NC(=O)[C@@H](NC(=O)[C@@H](NC(=O)OCc1ccccc1)[C@H](NC(=O)OC(C)(C)C)c1ccccc1)[C@H](O)C(C)C)C(=O)N[C@H](C(=O)NCC(=O)N[C@@H](CO)C(=O)N[C@@H](CO)C(=O)O)[C@H](C)O. The summed E-state index contributed by atoms with van der Waals surface area (Å²) in [5, 5.41) is 74.4. The summed E-state index contributed by atoms with van der Waals surface area (Å²) in [5.74, 6) is -12.1. The van der Waals surface area contributed by atoms with E-state index in [0.717, 1.165) is 6.92 Å². The average Bonchev–Trinajstić information content (AvgIpc) is 1.24. The molecule has 0 aromatic heterocycles. The Morgan fingerprint density at radius 2 is 1.10 bits per heavy atom. The second kappa shape index (κ2) is 39.4. The summed E-state index contributed by atoms with van der Waals surface area (Å²) in [6, 6.07) is 1.83. The first-order valence-electron chi connectivity index (χ1n) is 29.0. The molecule has 0 saturated carbocycles. The molecule has 0 fully saturated rings. The zero-order valence-corrected chi connectivity index (χ0v) is 51.9. The molecule has 31 heteroatoms. The van der Waals surface area contributed by atoms with Crippen molar-refractivity contribution in [3.63, 3.8) is 0 Å². The van der Waals surface area contributed by atoms with Gasteiger partial charge in [0.2, 0.25) is 47.3 Å². The molecule has 0 bridgehead atoms. The third-order valence-corrected chi connectivity index (χ3v) is 13.4. The number of aliphatic imine (C=N–C) groups is 1. The number of aliphatic hydroxyl groups excluding tert-OH is 4. The van der Waals surface area contributed by atoms with E-state index in [9.17, 15) is 73.2 Å². The van der Waals surface area contributed by atoms with Crippen molar-refractivity contribution >= 4 is 71.4 Å². The fraction of sp³-hybridized carbons (Fsp3) is 0.593. The lowest BCUT2D eigenvalue weighted by Gasteiger charge is -2.33. The number of carboxylic acids is 1. The van der Waals surface area contributed by atoms with Crippen LogP contribution in [0.5, 0.6) is 0 Å². The number of hydrogen-bond donors (Lipinski definition) is 17. The van der Waals surface area contributed by atoms with Crippen LogP contribution < -0.4 is 64.6 Å². The third-order valence-electron chi connectivity index (χ3n) is 13.4. The van der Waals surface area contributed by atoms with Crippen molar-refractivity contribution in [3.8, 4) is 0 Å². The maximum Gasteiger partial charge on any atom is 0.408 e. The highest BCUT2D eigenvalue weighted by Gasteiger charge is 2.41. The number of nitrogens with two attached hydrogens (primary N) is 2. The summed E-state index contributed by atoms with van der Waals surface area (Å²) >= 11 is 0. The Kier molecular flexibility index (Phi) is 34.7. The number of benzene rings is 2. The molecule has 31 nitrogen and oxygen atoms in total. The summed E-state index contributed by atoms with van der Waals surface area (Å²) in [5.41, 5.74) is 11.0. The van der Waals surface area contributed by atoms with Crippen molar-refractivity contribution < 1.29 is 87.7 Å². The Labute approximate surface area is 524 Å². The van der Waals surface area contributed by atoms with Gasteiger partial charge < -0.3 is 99.6 Å². The monoisotopic (exact) mass is 1270 g/mol. The summed E-state index contributed by atoms with van der Waals surface area (Å²) in [6.45, 7) is 12.6. The lowest BCUT2D eigenvalue weighted by molar-refractivity contribution is -0.143. The van der Waals surface area contributed by atoms with Crippen molar-refractivity contribution in [2.24, 2.45) is 34.2 Å². The minimum atomic E-state index is -1.87. The smallest absolute Gasteiger partial charge is 0.408 e. The Bertz CT molecular complexity index is 2690. The molecule has 0 aliphatic heterocycles. The molecule has 10 amide bonds. The second-order valence-electron chi connectivity index (χ2n) is 22.8. The summed E-state index contributed by atoms with van der Waals surface area (Å²) in [6.07, 6.45) is -5.38. The van der Waals surface area contributed by atoms with Gasteiger partial charge in [0, 0.05) is 6.54 Å². The summed E-state index contributed by atoms with van der Waals surface area (Å²) in [7, 11) is 0. The number of carbonyl (C=O) groups excluding carboxylic acids is 10. The molecule has 90 heavy (non-hydrogen) atoms. The number of guanidine groups is 1. The van der Waals surface area contributed by atoms with E-state index in [1.54, 1.807) is 123 Å². The number of amides is 10. The fourth-order valence-electron chi connectivity index (χ4n) is 8.37. The first kappa shape index (κ1) is 79.3. The van der Waals surface area contributed by atoms with E-state index >= 15 is 0 Å². The van der Waals surface area contributed by atoms with Crippen LogP contribution in [0.1, 0.15) is 120 Å². The highest BCUT2D eigenvalue weighted by Crippen LogP contribution is 2.21. The summed E-state index contributed by atoms with van der Waals surface area (Å²) in [4.78, 5) is 153. The predicted molar refractivity (Wildman–Crippen MR) is 329 cm³/mol. The number of nitrogens with one attached hydrogen (secondary N) is 10. The number of aliphatic carboxylic acids is 1. The second-order valence-corrected chi connectivity index (χ2v) is 22.8. The van der Waals surface area contributed by atoms with E-state index in [2.05, 4.69) is 52.8 Å². The van der Waals surface area contributed by atoms with Crippen LogP contribution in [0, 0.1) is 17.8 Å². The lowest BCUT2D eigenvalue weighted by atomic mass is 9.95. The summed E-state index contributed by atoms with van der Waals surface area (Å²) < 4.78 is 11.0. The van der Waals surface area contributed by atoms with Crippen LogP contribution >= 0.6 is 0 Å². The molecule has 19 N–H and O–H groups in total. The van der Waals surface area contributed by atoms with Crippen molar-refractivity contribution in [1.29, 1.82) is 0 Å². The molecular formula is C59H95N13O18. The van der Waals surface area contributed by atoms with Gasteiger partial charge >= 0.3 is 18.2 Å². The highest BCUT2D eigenvalue weighted by molar-refractivity contribution is 5.98. The fourth-order valence-corrected chi connectivity index (χ4v) is 8.37. The maximum absolute atomic E-state index is 14.8. The number of carboxylic acid groups (broad SMARTS) is 1. The molecule has 504 valence electrons. The van der Waals surface area contributed by atoms with Gasteiger partial charge in [-0.05, 0) is 75.8 Å². The van der Waals surface area contributed by atoms with E-state index in [0.29, 0.717) is 11.1 Å². The van der Waals surface area contributed by atoms with Crippen LogP contribution in [0.15, 0.2) is 65.7 Å². The first-order valence-corrected chi connectivity index (χ1v) is 29.0. The van der Waals surface area contributed by atoms with E-state index in [1.165, 1.54) is 0 Å². The number of ether oxygens (including phenoxy) is 2. The zero-order valence-electron chi connectivity index (χ0n) is 51.9. The molecule has 0 unspecified atom stereocenters. The van der Waals surface area contributed by atoms with E-state index in [-0.39, 0.29) is 58.1 Å². The Balaban J connectivity index is 0.0000405. The van der Waals surface area contributed by atoms with Crippen molar-refractivity contribution in [2.75, 3.05) is 26.3 Å². The molecule has 2 aromatic rings. The standard InChI is InChI=1S/C58H91N13O18.CH4/c1-11-32(6)41(51(81)68-42(33(7)74)50(80)62-26-40(75)63-38(27-72)49(79)66-39(28-73)54(84)85)67-47(77)36(23-18-24-61-55(59)60)64-48(78)37(25-30(2)3)65-53(83)45(46(76)31(4)5)69-52(82)44(71-56(86)88-29-34-19-14-12-15-20-34)43(35-21-16-13-17-22-35)70-57(87)89-58(8,9)10;/h12-17,19-22,30-33,36-39,41-46,72-74,76H,11,18,23-29H2,1-10H3,(H,62,80)(H,63,75)(H,64,78)(H,65,83)(H,66,79)(H,67,77)(H,68,81)(H,69,82)(H,70,87)(H,71,86)(H,84,85)(H4,59,60,61);1H4/t32-,33-,36+,37-,38-,39-,41-,42-,43+,44-,45-,46+;/m0./s1. The molecule has 0 heterocycles. The number of alkyl carbamates (subject to hydrolysis) is 2. The van der Waals surface area contributed by atoms with E-state index < -0.39 is 169 Å². The van der Waals surface area contributed by atoms with Crippen LogP contribution in [-0.2, 0) is 59.2 Å². The normalized spacial score (nSPS) is 15.2. The van der Waals surface area contributed by atoms with Gasteiger partial charge in [-0.25, -0.2) is 14.4 Å². The minimum absolute atomic E-state index is 0. The molecule has 0 aliphatic carbocycles. The van der Waals surface area contributed by atoms with Crippen LogP contribution in [0.25, 0.3) is 0 Å². The molecule has 12 atom stereocenters. The van der Waals surface area contributed by atoms with Gasteiger partial charge in [0.1, 0.15) is 60.5 Å². The number of carbonyl (C=O) groups is 11. The third kappa shape index (κ3) is 28.2. The number of rotatable bonds is 36. The van der Waals surface area contributed by atoms with Gasteiger partial charge in [0.15, 0.2) is 5.96 Å². The van der Waals surface area contributed by atoms with Crippen molar-refractivity contribution in [2.45, 2.75) is 181 Å². The van der Waals surface area contributed by atoms with Crippen LogP contribution in [-0.4, -0.2) is 189 Å². The molecule has 2 aromatic carbocycles. The Morgan fingerprint density at radius 1 is 0.589 bits per heavy atom. The number of nitrogens with zero attached hydrogens (tertiary/aromatic N) is 1. The van der Waals surface area contributed by atoms with Gasteiger partial charge in [0.05, 0.1) is 38.0 Å². The van der Waals surface area contributed by atoms with E-state index in [4.69, 9.17) is 26.0 Å². The zero-order chi connectivity index (χ0) is 67.3. The molecule has 0 radical (unpaired) electrons. The average molecular weight is 1270 g/mol. The largest absolute Gasteiger partial charge is 0.480 e. The molecule has 0 spiro atoms. The van der Waals surface area contributed by atoms with E-state index in [1.807, 2.05) is 5.32 Å². The van der Waals surface area contributed by atoms with Gasteiger partial charge in [-0.3, -0.25) is 43.3 Å². The quantitative estimate of drug-likeness (QED) is 0.0206. The topological polar surface area (TPSA) is 492 Å². The van der Waals surface area contributed by atoms with Gasteiger partial charge in [-0.2, -0.15) is 0 Å². The van der Waals surface area contributed by atoms with Crippen molar-refractivity contribution in [3.05, 3.63) is 71.8 Å². The van der Waals surface area contributed by atoms with Gasteiger partial charge in [0.25, 0.3) is 0 Å². The molecule has 0 saturated heterocycles. The minimum Gasteiger partial charge on any atom is -0.480 e. The van der Waals surface area contributed by atoms with Gasteiger partial charge in [-0.15, -0.1) is 0 Å². The van der Waals surface area contributed by atoms with Crippen LogP contribution in [0.4, 0.5) is 9.59 Å². The van der Waals surface area contributed by atoms with Crippen LogP contribution in [0.3, 0.4) is 0 Å². The van der Waals surface area contributed by atoms with Crippen LogP contribution in [0.2, 0.25) is 0 Å². The van der Waals surface area contributed by atoms with Crippen molar-refractivity contribution in [1.82, 2.24) is 53.2 Å². The number of hydrogen-bond acceptors (Lipinski definition) is 18. The Hall–Kier alpha value is -8.68.